The van der Waals surface area contributed by atoms with Crippen molar-refractivity contribution in [2.75, 3.05) is 0 Å². The summed E-state index contributed by atoms with van der Waals surface area (Å²) in [7, 11) is 0. The molecule has 0 radical (unpaired) electrons. The van der Waals surface area contributed by atoms with Gasteiger partial charge in [0.1, 0.15) is 11.3 Å². The second kappa shape index (κ2) is 4.05. The SMILES string of the molecule is Fc1cccc2c1[nH]c(=S)n2Cc1cncs1. The van der Waals surface area contributed by atoms with Gasteiger partial charge in [-0.1, -0.05) is 6.07 Å². The van der Waals surface area contributed by atoms with Crippen LogP contribution in [-0.4, -0.2) is 14.5 Å². The Morgan fingerprint density at radius 3 is 3.12 bits per heavy atom. The second-order valence-corrected chi connectivity index (χ2v) is 4.98. The molecular formula is C11H8FN3S2. The van der Waals surface area contributed by atoms with Crippen LogP contribution in [0.5, 0.6) is 0 Å². The number of nitrogens with zero attached hydrogens (tertiary/aromatic N) is 2. The van der Waals surface area contributed by atoms with Crippen molar-refractivity contribution in [3.8, 4) is 0 Å². The predicted molar refractivity (Wildman–Crippen MR) is 68.3 cm³/mol. The quantitative estimate of drug-likeness (QED) is 0.721. The third-order valence-corrected chi connectivity index (χ3v) is 3.64. The highest BCUT2D eigenvalue weighted by Gasteiger charge is 2.08. The molecule has 3 nitrogen and oxygen atoms in total. The number of benzene rings is 1. The topological polar surface area (TPSA) is 33.6 Å². The van der Waals surface area contributed by atoms with Crippen molar-refractivity contribution in [2.45, 2.75) is 6.54 Å². The maximum absolute atomic E-state index is 13.6. The van der Waals surface area contributed by atoms with Crippen LogP contribution < -0.4 is 0 Å². The molecule has 86 valence electrons. The van der Waals surface area contributed by atoms with E-state index in [9.17, 15) is 4.39 Å². The van der Waals surface area contributed by atoms with E-state index in [-0.39, 0.29) is 5.82 Å². The molecule has 3 rings (SSSR count). The number of halogens is 1. The standard InChI is InChI=1S/C11H8FN3S2/c12-8-2-1-3-9-10(8)14-11(16)15(9)5-7-4-13-6-17-7/h1-4,6H,5H2,(H,14,16). The summed E-state index contributed by atoms with van der Waals surface area (Å²) in [6.45, 7) is 0.618. The predicted octanol–water partition coefficient (Wildman–Crippen LogP) is 3.34. The van der Waals surface area contributed by atoms with Crippen molar-refractivity contribution in [3.63, 3.8) is 0 Å². The summed E-state index contributed by atoms with van der Waals surface area (Å²) in [4.78, 5) is 8.00. The summed E-state index contributed by atoms with van der Waals surface area (Å²) in [5.74, 6) is -0.281. The molecule has 0 bridgehead atoms. The number of hydrogen-bond donors (Lipinski definition) is 1. The fraction of sp³-hybridized carbons (Fsp3) is 0.0909. The van der Waals surface area contributed by atoms with Crippen LogP contribution in [0.3, 0.4) is 0 Å². The summed E-state index contributed by atoms with van der Waals surface area (Å²) >= 11 is 6.77. The van der Waals surface area contributed by atoms with Gasteiger partial charge in [0.2, 0.25) is 0 Å². The first kappa shape index (κ1) is 10.6. The van der Waals surface area contributed by atoms with Crippen LogP contribution in [-0.2, 0) is 6.54 Å². The van der Waals surface area contributed by atoms with Crippen molar-refractivity contribution >= 4 is 34.6 Å². The van der Waals surface area contributed by atoms with Gasteiger partial charge >= 0.3 is 0 Å². The number of thiazole rings is 1. The molecule has 0 fully saturated rings. The molecule has 0 atom stereocenters. The van der Waals surface area contributed by atoms with Crippen LogP contribution in [0.1, 0.15) is 4.88 Å². The summed E-state index contributed by atoms with van der Waals surface area (Å²) in [5.41, 5.74) is 3.01. The van der Waals surface area contributed by atoms with Gasteiger partial charge in [-0.25, -0.2) is 4.39 Å². The third kappa shape index (κ3) is 1.79. The molecule has 0 saturated heterocycles. The Kier molecular flexibility index (Phi) is 2.53. The largest absolute Gasteiger partial charge is 0.328 e. The van der Waals surface area contributed by atoms with Crippen LogP contribution in [0.2, 0.25) is 0 Å². The van der Waals surface area contributed by atoms with Gasteiger partial charge in [0, 0.05) is 11.1 Å². The first-order valence-electron chi connectivity index (χ1n) is 5.00. The van der Waals surface area contributed by atoms with E-state index >= 15 is 0 Å². The highest BCUT2D eigenvalue weighted by molar-refractivity contribution is 7.71. The molecule has 3 aromatic rings. The normalized spacial score (nSPS) is 11.1. The Hall–Kier alpha value is -1.53. The number of hydrogen-bond acceptors (Lipinski definition) is 3. The number of rotatable bonds is 2. The monoisotopic (exact) mass is 265 g/mol. The van der Waals surface area contributed by atoms with Crippen molar-refractivity contribution in [1.82, 2.24) is 14.5 Å². The van der Waals surface area contributed by atoms with Gasteiger partial charge in [0.05, 0.1) is 17.6 Å². The highest BCUT2D eigenvalue weighted by Crippen LogP contribution is 2.19. The Morgan fingerprint density at radius 2 is 2.35 bits per heavy atom. The number of aromatic nitrogens is 3. The molecule has 0 amide bonds. The molecule has 2 aromatic heterocycles. The van der Waals surface area contributed by atoms with Gasteiger partial charge in [0.15, 0.2) is 4.77 Å². The van der Waals surface area contributed by atoms with Gasteiger partial charge < -0.3 is 9.55 Å². The van der Waals surface area contributed by atoms with Crippen LogP contribution >= 0.6 is 23.6 Å². The second-order valence-electron chi connectivity index (χ2n) is 3.62. The minimum Gasteiger partial charge on any atom is -0.328 e. The number of nitrogens with one attached hydrogen (secondary N) is 1. The number of aromatic amines is 1. The Labute approximate surface area is 106 Å². The molecule has 2 heterocycles. The lowest BCUT2D eigenvalue weighted by Gasteiger charge is -2.01. The first-order valence-corrected chi connectivity index (χ1v) is 6.29. The van der Waals surface area contributed by atoms with Gasteiger partial charge in [-0.05, 0) is 24.4 Å². The van der Waals surface area contributed by atoms with Gasteiger partial charge in [-0.3, -0.25) is 4.98 Å². The summed E-state index contributed by atoms with van der Waals surface area (Å²) in [6.07, 6.45) is 1.80. The summed E-state index contributed by atoms with van der Waals surface area (Å²) in [6, 6.07) is 4.96. The fourth-order valence-electron chi connectivity index (χ4n) is 1.78. The average Bonchev–Trinajstić information content (AvgIpc) is 2.91. The first-order chi connectivity index (χ1) is 8.25. The molecule has 0 spiro atoms. The maximum atomic E-state index is 13.6. The molecule has 0 aliphatic rings. The zero-order valence-electron chi connectivity index (χ0n) is 8.68. The van der Waals surface area contributed by atoms with E-state index < -0.39 is 0 Å². The minimum absolute atomic E-state index is 0.281. The van der Waals surface area contributed by atoms with Crippen molar-refractivity contribution in [3.05, 3.63) is 45.4 Å². The molecule has 0 aliphatic heterocycles. The average molecular weight is 265 g/mol. The van der Waals surface area contributed by atoms with Gasteiger partial charge in [-0.15, -0.1) is 11.3 Å². The van der Waals surface area contributed by atoms with Gasteiger partial charge in [0.25, 0.3) is 0 Å². The maximum Gasteiger partial charge on any atom is 0.178 e. The highest BCUT2D eigenvalue weighted by atomic mass is 32.1. The van der Waals surface area contributed by atoms with Crippen LogP contribution in [0.15, 0.2) is 29.9 Å². The minimum atomic E-state index is -0.281. The number of fused-ring (bicyclic) bond motifs is 1. The summed E-state index contributed by atoms with van der Waals surface area (Å²) in [5, 5.41) is 0. The lowest BCUT2D eigenvalue weighted by molar-refractivity contribution is 0.637. The Morgan fingerprint density at radius 1 is 1.47 bits per heavy atom. The van der Waals surface area contributed by atoms with Crippen molar-refractivity contribution < 1.29 is 4.39 Å². The van der Waals surface area contributed by atoms with E-state index in [4.69, 9.17) is 12.2 Å². The van der Waals surface area contributed by atoms with E-state index in [1.165, 1.54) is 6.07 Å². The number of para-hydroxylation sites is 1. The molecule has 0 aliphatic carbocycles. The number of imidazole rings is 1. The van der Waals surface area contributed by atoms with E-state index in [2.05, 4.69) is 9.97 Å². The number of H-pyrrole nitrogens is 1. The Balaban J connectivity index is 2.19. The molecular weight excluding hydrogens is 257 g/mol. The summed E-state index contributed by atoms with van der Waals surface area (Å²) < 4.78 is 16.0. The zero-order valence-corrected chi connectivity index (χ0v) is 10.3. The van der Waals surface area contributed by atoms with Crippen LogP contribution in [0, 0.1) is 10.6 Å². The van der Waals surface area contributed by atoms with Crippen molar-refractivity contribution in [2.24, 2.45) is 0 Å². The van der Waals surface area contributed by atoms with Crippen LogP contribution in [0.25, 0.3) is 11.0 Å². The zero-order chi connectivity index (χ0) is 11.8. The van der Waals surface area contributed by atoms with E-state index in [1.54, 1.807) is 29.1 Å². The molecule has 0 saturated carbocycles. The van der Waals surface area contributed by atoms with Crippen molar-refractivity contribution in [1.29, 1.82) is 0 Å². The lowest BCUT2D eigenvalue weighted by Crippen LogP contribution is -1.97. The lowest BCUT2D eigenvalue weighted by atomic mass is 10.3. The molecule has 17 heavy (non-hydrogen) atoms. The molecule has 6 heteroatoms. The van der Waals surface area contributed by atoms with E-state index in [1.807, 2.05) is 10.6 Å². The van der Waals surface area contributed by atoms with Gasteiger partial charge in [-0.2, -0.15) is 0 Å². The van der Waals surface area contributed by atoms with Crippen LogP contribution in [0.4, 0.5) is 4.39 Å². The smallest absolute Gasteiger partial charge is 0.178 e. The van der Waals surface area contributed by atoms with E-state index in [0.29, 0.717) is 16.8 Å². The molecule has 1 N–H and O–H groups in total. The Bertz CT molecular complexity index is 712. The molecule has 1 aromatic carbocycles. The third-order valence-electron chi connectivity index (χ3n) is 2.56. The van der Waals surface area contributed by atoms with E-state index in [0.717, 1.165) is 10.4 Å². The molecule has 0 unspecified atom stereocenters. The fourth-order valence-corrected chi connectivity index (χ4v) is 2.63.